The van der Waals surface area contributed by atoms with Gasteiger partial charge in [-0.2, -0.15) is 0 Å². The van der Waals surface area contributed by atoms with Gasteiger partial charge in [0.2, 0.25) is 0 Å². The van der Waals surface area contributed by atoms with Crippen molar-refractivity contribution in [3.05, 3.63) is 24.3 Å². The molecular weight excluding hydrogens is 252 g/mol. The molecule has 0 aliphatic rings. The molecule has 1 aromatic rings. The number of rotatable bonds is 4. The lowest BCUT2D eigenvalue weighted by molar-refractivity contribution is 0.220. The average molecular weight is 278 g/mol. The molecule has 0 radical (unpaired) electrons. The molecule has 0 unspecified atom stereocenters. The van der Waals surface area contributed by atoms with Crippen molar-refractivity contribution in [2.24, 2.45) is 5.41 Å². The lowest BCUT2D eigenvalue weighted by atomic mass is 9.82. The number of amides is 2. The Balaban J connectivity index is 2.58. The Bertz CT molecular complexity index is 445. The molecule has 0 aromatic heterocycles. The minimum absolute atomic E-state index is 0.164. The van der Waals surface area contributed by atoms with Crippen LogP contribution < -0.4 is 15.4 Å². The van der Waals surface area contributed by atoms with E-state index in [2.05, 4.69) is 31.4 Å². The summed E-state index contributed by atoms with van der Waals surface area (Å²) in [6.07, 6.45) is 0.899. The lowest BCUT2D eigenvalue weighted by Gasteiger charge is -2.33. The summed E-state index contributed by atoms with van der Waals surface area (Å²) >= 11 is 0. The van der Waals surface area contributed by atoms with Gasteiger partial charge in [-0.25, -0.2) is 4.79 Å². The van der Waals surface area contributed by atoms with Crippen molar-refractivity contribution < 1.29 is 9.53 Å². The SMILES string of the molecule is COc1ccc(NC(=O)NC(C)(C)CC(C)(C)C)cc1. The molecule has 0 fully saturated rings. The first-order chi connectivity index (χ1) is 9.11. The highest BCUT2D eigenvalue weighted by molar-refractivity contribution is 5.89. The van der Waals surface area contributed by atoms with Gasteiger partial charge in [0.05, 0.1) is 7.11 Å². The molecule has 0 heterocycles. The highest BCUT2D eigenvalue weighted by Gasteiger charge is 2.26. The molecule has 2 amide bonds. The summed E-state index contributed by atoms with van der Waals surface area (Å²) in [4.78, 5) is 12.0. The van der Waals surface area contributed by atoms with Gasteiger partial charge in [-0.1, -0.05) is 20.8 Å². The predicted molar refractivity (Wildman–Crippen MR) is 83.3 cm³/mol. The van der Waals surface area contributed by atoms with Crippen molar-refractivity contribution in [2.45, 2.75) is 46.6 Å². The third-order valence-corrected chi connectivity index (χ3v) is 2.77. The van der Waals surface area contributed by atoms with Crippen LogP contribution in [0.4, 0.5) is 10.5 Å². The zero-order chi connectivity index (χ0) is 15.4. The number of ether oxygens (including phenoxy) is 1. The fraction of sp³-hybridized carbons (Fsp3) is 0.562. The zero-order valence-electron chi connectivity index (χ0n) is 13.3. The first-order valence-electron chi connectivity index (χ1n) is 6.84. The van der Waals surface area contributed by atoms with Gasteiger partial charge in [0, 0.05) is 11.2 Å². The van der Waals surface area contributed by atoms with Gasteiger partial charge in [-0.05, 0) is 49.9 Å². The second-order valence-electron chi connectivity index (χ2n) is 6.93. The Morgan fingerprint density at radius 2 is 1.65 bits per heavy atom. The second-order valence-corrected chi connectivity index (χ2v) is 6.93. The molecule has 0 atom stereocenters. The lowest BCUT2D eigenvalue weighted by Crippen LogP contribution is -2.47. The van der Waals surface area contributed by atoms with Gasteiger partial charge < -0.3 is 15.4 Å². The van der Waals surface area contributed by atoms with Crippen molar-refractivity contribution in [3.63, 3.8) is 0 Å². The first kappa shape index (κ1) is 16.3. The number of methoxy groups -OCH3 is 1. The Kier molecular flexibility index (Phi) is 5.03. The minimum atomic E-state index is -0.255. The summed E-state index contributed by atoms with van der Waals surface area (Å²) in [7, 11) is 1.62. The number of nitrogens with one attached hydrogen (secondary N) is 2. The number of hydrogen-bond acceptors (Lipinski definition) is 2. The van der Waals surface area contributed by atoms with Crippen molar-refractivity contribution in [1.29, 1.82) is 0 Å². The van der Waals surface area contributed by atoms with Crippen LogP contribution in [0.2, 0.25) is 0 Å². The van der Waals surface area contributed by atoms with E-state index in [9.17, 15) is 4.79 Å². The van der Waals surface area contributed by atoms with Crippen LogP contribution in [0.25, 0.3) is 0 Å². The smallest absolute Gasteiger partial charge is 0.319 e. The monoisotopic (exact) mass is 278 g/mol. The summed E-state index contributed by atoms with van der Waals surface area (Å²) in [6, 6.07) is 7.07. The maximum Gasteiger partial charge on any atom is 0.319 e. The third kappa shape index (κ3) is 5.95. The van der Waals surface area contributed by atoms with E-state index in [-0.39, 0.29) is 17.0 Å². The number of hydrogen-bond donors (Lipinski definition) is 2. The molecule has 4 heteroatoms. The van der Waals surface area contributed by atoms with E-state index in [1.807, 2.05) is 38.1 Å². The molecule has 112 valence electrons. The van der Waals surface area contributed by atoms with Gasteiger partial charge in [-0.15, -0.1) is 0 Å². The summed E-state index contributed by atoms with van der Waals surface area (Å²) < 4.78 is 5.08. The summed E-state index contributed by atoms with van der Waals surface area (Å²) in [5.41, 5.74) is 0.654. The minimum Gasteiger partial charge on any atom is -0.497 e. The number of carbonyl (C=O) groups is 1. The van der Waals surface area contributed by atoms with Crippen LogP contribution in [-0.4, -0.2) is 18.7 Å². The van der Waals surface area contributed by atoms with Crippen molar-refractivity contribution in [1.82, 2.24) is 5.32 Å². The van der Waals surface area contributed by atoms with E-state index in [0.29, 0.717) is 0 Å². The number of benzene rings is 1. The normalized spacial score (nSPS) is 11.9. The number of anilines is 1. The van der Waals surface area contributed by atoms with E-state index in [0.717, 1.165) is 17.9 Å². The van der Waals surface area contributed by atoms with Crippen molar-refractivity contribution in [3.8, 4) is 5.75 Å². The Morgan fingerprint density at radius 3 is 2.10 bits per heavy atom. The Labute approximate surface area is 121 Å². The van der Waals surface area contributed by atoms with Gasteiger partial charge in [0.1, 0.15) is 5.75 Å². The van der Waals surface area contributed by atoms with Crippen LogP contribution in [-0.2, 0) is 0 Å². The summed E-state index contributed by atoms with van der Waals surface area (Å²) in [5, 5.41) is 5.84. The zero-order valence-corrected chi connectivity index (χ0v) is 13.3. The standard InChI is InChI=1S/C16H26N2O2/c1-15(2,3)11-16(4,5)18-14(19)17-12-7-9-13(20-6)10-8-12/h7-10H,11H2,1-6H3,(H2,17,18,19). The summed E-state index contributed by atoms with van der Waals surface area (Å²) in [6.45, 7) is 10.6. The van der Waals surface area contributed by atoms with Crippen LogP contribution >= 0.6 is 0 Å². The van der Waals surface area contributed by atoms with Crippen LogP contribution in [0.15, 0.2) is 24.3 Å². The van der Waals surface area contributed by atoms with Gasteiger partial charge in [-0.3, -0.25) is 0 Å². The molecule has 1 rings (SSSR count). The molecule has 0 aliphatic carbocycles. The fourth-order valence-electron chi connectivity index (χ4n) is 2.51. The third-order valence-electron chi connectivity index (χ3n) is 2.77. The van der Waals surface area contributed by atoms with Gasteiger partial charge >= 0.3 is 6.03 Å². The van der Waals surface area contributed by atoms with E-state index < -0.39 is 0 Å². The van der Waals surface area contributed by atoms with Crippen molar-refractivity contribution >= 4 is 11.7 Å². The molecule has 4 nitrogen and oxygen atoms in total. The molecular formula is C16H26N2O2. The second kappa shape index (κ2) is 6.16. The van der Waals surface area contributed by atoms with Crippen LogP contribution in [0.1, 0.15) is 41.0 Å². The topological polar surface area (TPSA) is 50.4 Å². The van der Waals surface area contributed by atoms with E-state index in [1.54, 1.807) is 7.11 Å². The van der Waals surface area contributed by atoms with Gasteiger partial charge in [0.25, 0.3) is 0 Å². The molecule has 0 aliphatic heterocycles. The highest BCUT2D eigenvalue weighted by atomic mass is 16.5. The molecule has 20 heavy (non-hydrogen) atoms. The Hall–Kier alpha value is -1.71. The largest absolute Gasteiger partial charge is 0.497 e. The van der Waals surface area contributed by atoms with Gasteiger partial charge in [0.15, 0.2) is 0 Å². The van der Waals surface area contributed by atoms with Crippen molar-refractivity contribution in [2.75, 3.05) is 12.4 Å². The molecule has 2 N–H and O–H groups in total. The van der Waals surface area contributed by atoms with Crippen LogP contribution in [0.3, 0.4) is 0 Å². The van der Waals surface area contributed by atoms with E-state index >= 15 is 0 Å². The average Bonchev–Trinajstić information content (AvgIpc) is 2.25. The predicted octanol–water partition coefficient (Wildman–Crippen LogP) is 4.03. The first-order valence-corrected chi connectivity index (χ1v) is 6.84. The molecule has 0 bridgehead atoms. The fourth-order valence-corrected chi connectivity index (χ4v) is 2.51. The van der Waals surface area contributed by atoms with Crippen LogP contribution in [0, 0.1) is 5.41 Å². The molecule has 1 aromatic carbocycles. The van der Waals surface area contributed by atoms with E-state index in [4.69, 9.17) is 4.74 Å². The molecule has 0 spiro atoms. The Morgan fingerprint density at radius 1 is 1.10 bits per heavy atom. The maximum absolute atomic E-state index is 12.0. The number of urea groups is 1. The number of carbonyl (C=O) groups excluding carboxylic acids is 1. The summed E-state index contributed by atoms with van der Waals surface area (Å²) in [5.74, 6) is 0.768. The molecule has 0 saturated heterocycles. The molecule has 0 saturated carbocycles. The quantitative estimate of drug-likeness (QED) is 0.873. The van der Waals surface area contributed by atoms with Crippen LogP contribution in [0.5, 0.6) is 5.75 Å². The van der Waals surface area contributed by atoms with E-state index in [1.165, 1.54) is 0 Å². The highest BCUT2D eigenvalue weighted by Crippen LogP contribution is 2.26. The maximum atomic E-state index is 12.0.